The number of ether oxygens (including phenoxy) is 1. The van der Waals surface area contributed by atoms with Crippen molar-refractivity contribution in [3.8, 4) is 0 Å². The number of benzene rings is 1. The summed E-state index contributed by atoms with van der Waals surface area (Å²) in [6, 6.07) is 5.23. The summed E-state index contributed by atoms with van der Waals surface area (Å²) in [4.78, 5) is 46.8. The van der Waals surface area contributed by atoms with Crippen molar-refractivity contribution in [2.45, 2.75) is 51.0 Å². The molecule has 0 spiro atoms. The van der Waals surface area contributed by atoms with Crippen LogP contribution in [0.15, 0.2) is 18.2 Å². The zero-order chi connectivity index (χ0) is 18.5. The number of ketones is 1. The van der Waals surface area contributed by atoms with E-state index in [1.165, 1.54) is 11.1 Å². The largest absolute Gasteiger partial charge is 0.456 e. The molecule has 7 nitrogen and oxygen atoms in total. The molecule has 0 bridgehead atoms. The Hall–Kier alpha value is -2.70. The fourth-order valence-corrected chi connectivity index (χ4v) is 2.94. The number of carbonyl (C=O) groups excluding carboxylic acids is 4. The third-order valence-corrected chi connectivity index (χ3v) is 4.51. The molecule has 1 aromatic rings. The lowest BCUT2D eigenvalue weighted by atomic mass is 10.0. The average Bonchev–Trinajstić information content (AvgIpc) is 3.30. The van der Waals surface area contributed by atoms with E-state index in [2.05, 4.69) is 10.6 Å². The van der Waals surface area contributed by atoms with Crippen LogP contribution >= 0.6 is 0 Å². The van der Waals surface area contributed by atoms with Crippen LogP contribution < -0.4 is 10.6 Å². The number of imide groups is 1. The van der Waals surface area contributed by atoms with Gasteiger partial charge in [0.25, 0.3) is 5.91 Å². The molecule has 2 N–H and O–H groups in total. The summed E-state index contributed by atoms with van der Waals surface area (Å²) in [5, 5.41) is 4.68. The maximum Gasteiger partial charge on any atom is 0.321 e. The highest BCUT2D eigenvalue weighted by molar-refractivity contribution is 5.98. The normalized spacial score (nSPS) is 15.1. The lowest BCUT2D eigenvalue weighted by molar-refractivity contribution is -0.148. The molecule has 3 rings (SSSR count). The minimum Gasteiger partial charge on any atom is -0.456 e. The molecule has 26 heavy (non-hydrogen) atoms. The molecule has 1 saturated carbocycles. The van der Waals surface area contributed by atoms with Gasteiger partial charge in [-0.15, -0.1) is 0 Å². The highest BCUT2D eigenvalue weighted by atomic mass is 16.5. The average molecular weight is 358 g/mol. The van der Waals surface area contributed by atoms with Gasteiger partial charge in [-0.25, -0.2) is 4.79 Å². The summed E-state index contributed by atoms with van der Waals surface area (Å²) < 4.78 is 4.80. The summed E-state index contributed by atoms with van der Waals surface area (Å²) in [5.74, 6) is -1.45. The quantitative estimate of drug-likeness (QED) is 0.570. The first kappa shape index (κ1) is 18.1. The minimum absolute atomic E-state index is 0.0292. The molecule has 2 aliphatic rings. The summed E-state index contributed by atoms with van der Waals surface area (Å²) in [7, 11) is 0. The molecular formula is C19H22N2O5. The molecule has 1 aromatic carbocycles. The molecule has 0 atom stereocenters. The second kappa shape index (κ2) is 8.12. The van der Waals surface area contributed by atoms with Gasteiger partial charge in [0.1, 0.15) is 0 Å². The van der Waals surface area contributed by atoms with E-state index in [4.69, 9.17) is 4.74 Å². The first-order valence-corrected chi connectivity index (χ1v) is 8.92. The van der Waals surface area contributed by atoms with Gasteiger partial charge in [0.2, 0.25) is 0 Å². The van der Waals surface area contributed by atoms with Crippen LogP contribution in [-0.4, -0.2) is 36.3 Å². The van der Waals surface area contributed by atoms with Gasteiger partial charge in [0.15, 0.2) is 12.4 Å². The number of rotatable bonds is 7. The summed E-state index contributed by atoms with van der Waals surface area (Å²) in [6.45, 7) is -0.538. The van der Waals surface area contributed by atoms with Crippen molar-refractivity contribution in [3.63, 3.8) is 0 Å². The Balaban J connectivity index is 1.36. The van der Waals surface area contributed by atoms with E-state index in [1.807, 2.05) is 12.1 Å². The Morgan fingerprint density at radius 1 is 1.04 bits per heavy atom. The molecule has 3 amide bonds. The second-order valence-corrected chi connectivity index (χ2v) is 6.72. The lowest BCUT2D eigenvalue weighted by Gasteiger charge is -2.07. The molecule has 1 fully saturated rings. The first-order chi connectivity index (χ1) is 12.5. The monoisotopic (exact) mass is 358 g/mol. The molecule has 138 valence electrons. The van der Waals surface area contributed by atoms with Gasteiger partial charge in [0, 0.05) is 18.0 Å². The summed E-state index contributed by atoms with van der Waals surface area (Å²) >= 11 is 0. The van der Waals surface area contributed by atoms with Crippen molar-refractivity contribution in [1.82, 2.24) is 10.6 Å². The van der Waals surface area contributed by atoms with Crippen molar-refractivity contribution < 1.29 is 23.9 Å². The van der Waals surface area contributed by atoms with E-state index in [0.29, 0.717) is 5.56 Å². The van der Waals surface area contributed by atoms with Gasteiger partial charge in [0.05, 0.1) is 6.42 Å². The number of hydrogen-bond acceptors (Lipinski definition) is 5. The number of urea groups is 1. The van der Waals surface area contributed by atoms with E-state index in [1.54, 1.807) is 6.07 Å². The summed E-state index contributed by atoms with van der Waals surface area (Å²) in [5.41, 5.74) is 3.10. The molecule has 0 heterocycles. The lowest BCUT2D eigenvalue weighted by Crippen LogP contribution is -2.42. The SMILES string of the molecule is O=C(COC(=O)CCC(=O)c1ccc2c(c1)CCC2)NC(=O)NC1CC1. The zero-order valence-electron chi connectivity index (χ0n) is 14.5. The predicted molar refractivity (Wildman–Crippen MR) is 92.7 cm³/mol. The topological polar surface area (TPSA) is 102 Å². The van der Waals surface area contributed by atoms with Gasteiger partial charge in [-0.2, -0.15) is 0 Å². The van der Waals surface area contributed by atoms with Crippen LogP contribution in [0.3, 0.4) is 0 Å². The van der Waals surface area contributed by atoms with Crippen LogP contribution in [0.25, 0.3) is 0 Å². The number of carbonyl (C=O) groups is 4. The Morgan fingerprint density at radius 2 is 1.81 bits per heavy atom. The minimum atomic E-state index is -0.693. The van der Waals surface area contributed by atoms with Crippen molar-refractivity contribution in [2.24, 2.45) is 0 Å². The third-order valence-electron chi connectivity index (χ3n) is 4.51. The predicted octanol–water partition coefficient (Wildman–Crippen LogP) is 1.67. The van der Waals surface area contributed by atoms with Crippen LogP contribution in [0, 0.1) is 0 Å². The zero-order valence-corrected chi connectivity index (χ0v) is 14.5. The fourth-order valence-electron chi connectivity index (χ4n) is 2.94. The highest BCUT2D eigenvalue weighted by Gasteiger charge is 2.24. The van der Waals surface area contributed by atoms with Crippen LogP contribution in [0.5, 0.6) is 0 Å². The second-order valence-electron chi connectivity index (χ2n) is 6.72. The van der Waals surface area contributed by atoms with E-state index in [-0.39, 0.29) is 24.7 Å². The van der Waals surface area contributed by atoms with Crippen LogP contribution in [0.2, 0.25) is 0 Å². The molecular weight excluding hydrogens is 336 g/mol. The Kier molecular flexibility index (Phi) is 5.65. The van der Waals surface area contributed by atoms with E-state index < -0.39 is 24.5 Å². The summed E-state index contributed by atoms with van der Waals surface area (Å²) in [6.07, 6.45) is 4.90. The van der Waals surface area contributed by atoms with Gasteiger partial charge in [-0.1, -0.05) is 12.1 Å². The number of fused-ring (bicyclic) bond motifs is 1. The van der Waals surface area contributed by atoms with E-state index in [0.717, 1.165) is 32.1 Å². The number of amides is 3. The van der Waals surface area contributed by atoms with Crippen LogP contribution in [0.1, 0.15) is 53.6 Å². The van der Waals surface area contributed by atoms with Crippen molar-refractivity contribution in [2.75, 3.05) is 6.61 Å². The van der Waals surface area contributed by atoms with Gasteiger partial charge < -0.3 is 10.1 Å². The number of Topliss-reactive ketones (excluding diaryl/α,β-unsaturated/α-hetero) is 1. The highest BCUT2D eigenvalue weighted by Crippen LogP contribution is 2.23. The number of hydrogen-bond donors (Lipinski definition) is 2. The molecule has 0 saturated heterocycles. The van der Waals surface area contributed by atoms with Crippen LogP contribution in [-0.2, 0) is 27.2 Å². The Labute approximate surface area is 151 Å². The maximum absolute atomic E-state index is 12.2. The first-order valence-electron chi connectivity index (χ1n) is 8.92. The molecule has 0 unspecified atom stereocenters. The molecule has 0 radical (unpaired) electrons. The number of esters is 1. The number of aryl methyl sites for hydroxylation is 2. The fraction of sp³-hybridized carbons (Fsp3) is 0.474. The molecule has 2 aliphatic carbocycles. The number of nitrogens with one attached hydrogen (secondary N) is 2. The Bertz CT molecular complexity index is 739. The standard InChI is InChI=1S/C19H22N2O5/c22-16(14-5-4-12-2-1-3-13(12)10-14)8-9-18(24)26-11-17(23)21-19(25)20-15-6-7-15/h4-5,10,15H,1-3,6-9,11H2,(H2,20,21,23,25). The van der Waals surface area contributed by atoms with Gasteiger partial charge in [-0.3, -0.25) is 19.7 Å². The third kappa shape index (κ3) is 5.15. The van der Waals surface area contributed by atoms with Crippen molar-refractivity contribution in [3.05, 3.63) is 34.9 Å². The molecule has 0 aliphatic heterocycles. The van der Waals surface area contributed by atoms with Crippen molar-refractivity contribution >= 4 is 23.7 Å². The Morgan fingerprint density at radius 3 is 2.58 bits per heavy atom. The van der Waals surface area contributed by atoms with Crippen LogP contribution in [0.4, 0.5) is 4.79 Å². The van der Waals surface area contributed by atoms with Gasteiger partial charge in [-0.05, 0) is 49.3 Å². The van der Waals surface area contributed by atoms with E-state index in [9.17, 15) is 19.2 Å². The molecule has 7 heteroatoms. The molecule has 0 aromatic heterocycles. The van der Waals surface area contributed by atoms with E-state index >= 15 is 0 Å². The smallest absolute Gasteiger partial charge is 0.321 e. The maximum atomic E-state index is 12.2. The van der Waals surface area contributed by atoms with Gasteiger partial charge >= 0.3 is 12.0 Å². The van der Waals surface area contributed by atoms with Crippen molar-refractivity contribution in [1.29, 1.82) is 0 Å².